The Balaban J connectivity index is 1.61. The number of ether oxygens (including phenoxy) is 1. The number of aromatic nitrogens is 2. The molecule has 0 fully saturated rings. The molecule has 0 aliphatic rings. The van der Waals surface area contributed by atoms with E-state index in [0.717, 1.165) is 15.9 Å². The quantitative estimate of drug-likeness (QED) is 0.382. The molecular weight excluding hydrogens is 374 g/mol. The van der Waals surface area contributed by atoms with E-state index in [1.165, 1.54) is 11.8 Å². The van der Waals surface area contributed by atoms with Crippen LogP contribution in [0.25, 0.3) is 10.9 Å². The minimum Gasteiger partial charge on any atom is -0.459 e. The Morgan fingerprint density at radius 2 is 1.79 bits per heavy atom. The first kappa shape index (κ1) is 19.8. The maximum Gasteiger partial charge on any atom is 0.338 e. The standard InChI is InChI=1S/C21H21N3O3S/c1-13(2)27-21(26)15-8-10-16(11-9-15)24-19(25)12-28-20-17-6-4-5-7-18(17)22-14(3)23-20/h4-11,13H,12H2,1-3H3,(H,24,25). The van der Waals surface area contributed by atoms with E-state index in [4.69, 9.17) is 4.74 Å². The highest BCUT2D eigenvalue weighted by Gasteiger charge is 2.11. The molecule has 1 heterocycles. The summed E-state index contributed by atoms with van der Waals surface area (Å²) in [6, 6.07) is 14.4. The summed E-state index contributed by atoms with van der Waals surface area (Å²) < 4.78 is 5.15. The number of hydrogen-bond donors (Lipinski definition) is 1. The second-order valence-corrected chi connectivity index (χ2v) is 7.43. The zero-order chi connectivity index (χ0) is 20.1. The van der Waals surface area contributed by atoms with Crippen molar-refractivity contribution in [2.75, 3.05) is 11.1 Å². The molecule has 0 aliphatic carbocycles. The van der Waals surface area contributed by atoms with Gasteiger partial charge in [0.1, 0.15) is 10.9 Å². The molecular formula is C21H21N3O3S. The van der Waals surface area contributed by atoms with E-state index < -0.39 is 0 Å². The number of thioether (sulfide) groups is 1. The number of esters is 1. The molecule has 0 unspecified atom stereocenters. The fourth-order valence-corrected chi connectivity index (χ4v) is 3.44. The number of rotatable bonds is 6. The normalized spacial score (nSPS) is 10.9. The van der Waals surface area contributed by atoms with Crippen molar-refractivity contribution < 1.29 is 14.3 Å². The number of fused-ring (bicyclic) bond motifs is 1. The van der Waals surface area contributed by atoms with E-state index in [-0.39, 0.29) is 23.7 Å². The molecule has 0 radical (unpaired) electrons. The average Bonchev–Trinajstić information content (AvgIpc) is 2.66. The van der Waals surface area contributed by atoms with E-state index in [9.17, 15) is 9.59 Å². The highest BCUT2D eigenvalue weighted by molar-refractivity contribution is 8.00. The summed E-state index contributed by atoms with van der Waals surface area (Å²) in [6.07, 6.45) is -0.176. The molecule has 1 amide bonds. The van der Waals surface area contributed by atoms with Gasteiger partial charge in [-0.1, -0.05) is 30.0 Å². The molecule has 1 aromatic heterocycles. The van der Waals surface area contributed by atoms with E-state index in [2.05, 4.69) is 15.3 Å². The van der Waals surface area contributed by atoms with Gasteiger partial charge in [-0.3, -0.25) is 4.79 Å². The summed E-state index contributed by atoms with van der Waals surface area (Å²) >= 11 is 1.37. The van der Waals surface area contributed by atoms with Crippen LogP contribution in [0.4, 0.5) is 5.69 Å². The predicted molar refractivity (Wildman–Crippen MR) is 111 cm³/mol. The summed E-state index contributed by atoms with van der Waals surface area (Å²) in [6.45, 7) is 5.43. The summed E-state index contributed by atoms with van der Waals surface area (Å²) in [5.74, 6) is 0.361. The zero-order valence-corrected chi connectivity index (χ0v) is 16.7. The van der Waals surface area contributed by atoms with Gasteiger partial charge in [-0.15, -0.1) is 0 Å². The van der Waals surface area contributed by atoms with Crippen LogP contribution in [0.2, 0.25) is 0 Å². The number of aryl methyl sites for hydroxylation is 1. The van der Waals surface area contributed by atoms with Crippen molar-refractivity contribution >= 4 is 40.2 Å². The number of hydrogen-bond acceptors (Lipinski definition) is 6. The van der Waals surface area contributed by atoms with Gasteiger partial charge in [-0.25, -0.2) is 14.8 Å². The number of benzene rings is 2. The Hall–Kier alpha value is -2.93. The van der Waals surface area contributed by atoms with Crippen molar-refractivity contribution in [3.63, 3.8) is 0 Å². The first-order valence-corrected chi connectivity index (χ1v) is 9.88. The van der Waals surface area contributed by atoms with Crippen LogP contribution in [-0.4, -0.2) is 33.7 Å². The molecule has 0 atom stereocenters. The molecule has 0 saturated heterocycles. The second kappa shape index (κ2) is 8.84. The van der Waals surface area contributed by atoms with E-state index in [0.29, 0.717) is 17.1 Å². The Morgan fingerprint density at radius 3 is 2.50 bits per heavy atom. The van der Waals surface area contributed by atoms with Gasteiger partial charge >= 0.3 is 5.97 Å². The molecule has 0 aliphatic heterocycles. The molecule has 3 rings (SSSR count). The summed E-state index contributed by atoms with van der Waals surface area (Å²) in [5, 5.41) is 4.54. The fraction of sp³-hybridized carbons (Fsp3) is 0.238. The SMILES string of the molecule is Cc1nc(SCC(=O)Nc2ccc(C(=O)OC(C)C)cc2)c2ccccc2n1. The first-order valence-electron chi connectivity index (χ1n) is 8.89. The van der Waals surface area contributed by atoms with Crippen LogP contribution in [0.1, 0.15) is 30.0 Å². The molecule has 0 saturated carbocycles. The monoisotopic (exact) mass is 395 g/mol. The first-order chi connectivity index (χ1) is 13.4. The number of nitrogens with zero attached hydrogens (tertiary/aromatic N) is 2. The van der Waals surface area contributed by atoms with Crippen molar-refractivity contribution in [3.8, 4) is 0 Å². The number of para-hydroxylation sites is 1. The number of carbonyl (C=O) groups excluding carboxylic acids is 2. The molecule has 1 N–H and O–H groups in total. The smallest absolute Gasteiger partial charge is 0.338 e. The number of anilines is 1. The molecule has 0 bridgehead atoms. The third-order valence-electron chi connectivity index (χ3n) is 3.77. The number of amides is 1. The Labute approximate surface area is 167 Å². The van der Waals surface area contributed by atoms with Gasteiger partial charge in [0.05, 0.1) is 22.9 Å². The summed E-state index contributed by atoms with van der Waals surface area (Å²) in [7, 11) is 0. The van der Waals surface area contributed by atoms with E-state index >= 15 is 0 Å². The fourth-order valence-electron chi connectivity index (χ4n) is 2.57. The maximum atomic E-state index is 12.3. The third kappa shape index (κ3) is 5.07. The average molecular weight is 395 g/mol. The van der Waals surface area contributed by atoms with Crippen LogP contribution in [0.15, 0.2) is 53.6 Å². The van der Waals surface area contributed by atoms with Gasteiger partial charge in [0.2, 0.25) is 5.91 Å². The maximum absolute atomic E-state index is 12.3. The van der Waals surface area contributed by atoms with Crippen LogP contribution in [-0.2, 0) is 9.53 Å². The van der Waals surface area contributed by atoms with Crippen molar-refractivity contribution in [2.24, 2.45) is 0 Å². The molecule has 2 aromatic carbocycles. The molecule has 144 valence electrons. The largest absolute Gasteiger partial charge is 0.459 e. The Bertz CT molecular complexity index is 1000. The van der Waals surface area contributed by atoms with Crippen molar-refractivity contribution in [1.29, 1.82) is 0 Å². The van der Waals surface area contributed by atoms with Crippen LogP contribution in [0.5, 0.6) is 0 Å². The number of carbonyl (C=O) groups is 2. The van der Waals surface area contributed by atoms with E-state index in [1.807, 2.05) is 31.2 Å². The topological polar surface area (TPSA) is 81.2 Å². The highest BCUT2D eigenvalue weighted by Crippen LogP contribution is 2.25. The van der Waals surface area contributed by atoms with Crippen molar-refractivity contribution in [3.05, 3.63) is 59.9 Å². The predicted octanol–water partition coefficient (Wildman–Crippen LogP) is 4.23. The number of nitrogens with one attached hydrogen (secondary N) is 1. The van der Waals surface area contributed by atoms with Crippen LogP contribution in [0.3, 0.4) is 0 Å². The zero-order valence-electron chi connectivity index (χ0n) is 15.9. The van der Waals surface area contributed by atoms with Crippen LogP contribution < -0.4 is 5.32 Å². The lowest BCUT2D eigenvalue weighted by molar-refractivity contribution is -0.113. The van der Waals surface area contributed by atoms with Crippen LogP contribution >= 0.6 is 11.8 Å². The molecule has 0 spiro atoms. The van der Waals surface area contributed by atoms with Crippen molar-refractivity contribution in [1.82, 2.24) is 9.97 Å². The van der Waals surface area contributed by atoms with Gasteiger partial charge in [0.25, 0.3) is 0 Å². The van der Waals surface area contributed by atoms with Gasteiger partial charge in [-0.05, 0) is 51.1 Å². The second-order valence-electron chi connectivity index (χ2n) is 6.46. The summed E-state index contributed by atoms with van der Waals surface area (Å²) in [5.41, 5.74) is 1.93. The minimum atomic E-state index is -0.380. The van der Waals surface area contributed by atoms with Crippen LogP contribution in [0, 0.1) is 6.92 Å². The third-order valence-corrected chi connectivity index (χ3v) is 4.76. The van der Waals surface area contributed by atoms with Crippen molar-refractivity contribution in [2.45, 2.75) is 31.9 Å². The Kier molecular flexibility index (Phi) is 6.26. The van der Waals surface area contributed by atoms with E-state index in [1.54, 1.807) is 38.1 Å². The molecule has 7 heteroatoms. The van der Waals surface area contributed by atoms with Gasteiger partial charge in [0, 0.05) is 11.1 Å². The van der Waals surface area contributed by atoms with Gasteiger partial charge in [0.15, 0.2) is 0 Å². The molecule has 28 heavy (non-hydrogen) atoms. The summed E-state index contributed by atoms with van der Waals surface area (Å²) in [4.78, 5) is 33.0. The Morgan fingerprint density at radius 1 is 1.07 bits per heavy atom. The van der Waals surface area contributed by atoms with Gasteiger partial charge < -0.3 is 10.1 Å². The lowest BCUT2D eigenvalue weighted by Gasteiger charge is -2.09. The lowest BCUT2D eigenvalue weighted by Crippen LogP contribution is -2.15. The molecule has 6 nitrogen and oxygen atoms in total. The van der Waals surface area contributed by atoms with Gasteiger partial charge in [-0.2, -0.15) is 0 Å². The minimum absolute atomic E-state index is 0.150. The lowest BCUT2D eigenvalue weighted by atomic mass is 10.2. The highest BCUT2D eigenvalue weighted by atomic mass is 32.2. The molecule has 3 aromatic rings.